The molecule has 4 heteroatoms. The summed E-state index contributed by atoms with van der Waals surface area (Å²) in [6.07, 6.45) is 5.78. The highest BCUT2D eigenvalue weighted by Gasteiger charge is 2.25. The maximum absolute atomic E-state index is 12.6. The molecule has 1 aliphatic carbocycles. The molecule has 1 aromatic rings. The van der Waals surface area contributed by atoms with Crippen molar-refractivity contribution in [3.05, 3.63) is 33.2 Å². The summed E-state index contributed by atoms with van der Waals surface area (Å²) in [6.45, 7) is 2.33. The Morgan fingerprint density at radius 3 is 2.79 bits per heavy atom. The van der Waals surface area contributed by atoms with Crippen LogP contribution in [0.5, 0.6) is 0 Å². The van der Waals surface area contributed by atoms with E-state index in [1.165, 1.54) is 24.1 Å². The van der Waals surface area contributed by atoms with Crippen LogP contribution in [0.2, 0.25) is 0 Å². The molecule has 2 N–H and O–H groups in total. The van der Waals surface area contributed by atoms with Crippen LogP contribution in [0.25, 0.3) is 0 Å². The monoisotopic (exact) mass is 261 g/mol. The van der Waals surface area contributed by atoms with Crippen LogP contribution >= 0.6 is 0 Å². The minimum atomic E-state index is 0.165. The zero-order chi connectivity index (χ0) is 13.4. The molecule has 1 aliphatic heterocycles. The first-order valence-electron chi connectivity index (χ1n) is 7.35. The van der Waals surface area contributed by atoms with Crippen molar-refractivity contribution in [3.63, 3.8) is 0 Å². The predicted molar refractivity (Wildman–Crippen MR) is 76.1 cm³/mol. The first-order chi connectivity index (χ1) is 9.20. The second-order valence-corrected chi connectivity index (χ2v) is 5.95. The highest BCUT2D eigenvalue weighted by molar-refractivity contribution is 5.29. The Kier molecular flexibility index (Phi) is 3.46. The Balaban J connectivity index is 2.14. The van der Waals surface area contributed by atoms with Crippen molar-refractivity contribution < 1.29 is 0 Å². The molecule has 0 spiro atoms. The minimum absolute atomic E-state index is 0.165. The molecule has 2 aliphatic rings. The van der Waals surface area contributed by atoms with E-state index in [9.17, 15) is 4.79 Å². The molecule has 19 heavy (non-hydrogen) atoms. The summed E-state index contributed by atoms with van der Waals surface area (Å²) in [6, 6.07) is 2.45. The molecule has 0 bridgehead atoms. The molecule has 0 aromatic carbocycles. The predicted octanol–water partition coefficient (Wildman–Crippen LogP) is 1.41. The molecule has 2 heterocycles. The molecule has 0 atom stereocenters. The number of aromatic nitrogens is 1. The lowest BCUT2D eigenvalue weighted by Crippen LogP contribution is -2.37. The van der Waals surface area contributed by atoms with Gasteiger partial charge in [-0.05, 0) is 31.5 Å². The second-order valence-electron chi connectivity index (χ2n) is 5.95. The van der Waals surface area contributed by atoms with Gasteiger partial charge in [-0.2, -0.15) is 0 Å². The molecule has 1 saturated carbocycles. The smallest absolute Gasteiger partial charge is 0.255 e. The molecule has 0 radical (unpaired) electrons. The summed E-state index contributed by atoms with van der Waals surface area (Å²) in [5, 5.41) is 0. The maximum atomic E-state index is 12.6. The van der Waals surface area contributed by atoms with Gasteiger partial charge in [-0.1, -0.05) is 12.8 Å². The van der Waals surface area contributed by atoms with E-state index in [0.717, 1.165) is 37.9 Å². The van der Waals surface area contributed by atoms with Crippen LogP contribution in [0.15, 0.2) is 10.9 Å². The zero-order valence-electron chi connectivity index (χ0n) is 11.7. The Labute approximate surface area is 114 Å². The molecule has 0 amide bonds. The van der Waals surface area contributed by atoms with Crippen LogP contribution in [0.1, 0.15) is 48.5 Å². The van der Waals surface area contributed by atoms with Gasteiger partial charge in [-0.15, -0.1) is 0 Å². The number of likely N-dealkylation sites (N-methyl/N-ethyl adjacent to an activating group) is 1. The minimum Gasteiger partial charge on any atom is -0.326 e. The lowest BCUT2D eigenvalue weighted by molar-refractivity contribution is 0.299. The molecular formula is C15H23N3O. The van der Waals surface area contributed by atoms with Gasteiger partial charge in [0.15, 0.2) is 0 Å². The van der Waals surface area contributed by atoms with E-state index < -0.39 is 0 Å². The van der Waals surface area contributed by atoms with Crippen molar-refractivity contribution in [3.8, 4) is 0 Å². The summed E-state index contributed by atoms with van der Waals surface area (Å²) in [5.41, 5.74) is 9.28. The van der Waals surface area contributed by atoms with E-state index in [4.69, 9.17) is 5.73 Å². The van der Waals surface area contributed by atoms with Crippen LogP contribution in [0, 0.1) is 0 Å². The van der Waals surface area contributed by atoms with Crippen LogP contribution in [0.3, 0.4) is 0 Å². The van der Waals surface area contributed by atoms with Crippen molar-refractivity contribution in [2.45, 2.75) is 51.2 Å². The van der Waals surface area contributed by atoms with E-state index in [1.54, 1.807) is 0 Å². The van der Waals surface area contributed by atoms with Crippen LogP contribution in [-0.2, 0) is 19.5 Å². The lowest BCUT2D eigenvalue weighted by atomic mass is 10.0. The Morgan fingerprint density at radius 2 is 2.11 bits per heavy atom. The average Bonchev–Trinajstić information content (AvgIpc) is 2.92. The summed E-state index contributed by atoms with van der Waals surface area (Å²) in [5.74, 6) is 0. The fourth-order valence-corrected chi connectivity index (χ4v) is 3.57. The Hall–Kier alpha value is -1.13. The van der Waals surface area contributed by atoms with Crippen LogP contribution < -0.4 is 11.3 Å². The Morgan fingerprint density at radius 1 is 1.37 bits per heavy atom. The fourth-order valence-electron chi connectivity index (χ4n) is 3.57. The van der Waals surface area contributed by atoms with Crippen molar-refractivity contribution in [1.29, 1.82) is 0 Å². The third-order valence-electron chi connectivity index (χ3n) is 4.58. The topological polar surface area (TPSA) is 51.3 Å². The summed E-state index contributed by atoms with van der Waals surface area (Å²) < 4.78 is 2.09. The van der Waals surface area contributed by atoms with Crippen molar-refractivity contribution in [2.75, 3.05) is 13.6 Å². The first-order valence-corrected chi connectivity index (χ1v) is 7.35. The van der Waals surface area contributed by atoms with Crippen LogP contribution in [0.4, 0.5) is 0 Å². The van der Waals surface area contributed by atoms with E-state index in [-0.39, 0.29) is 5.56 Å². The number of pyridine rings is 1. The molecule has 1 fully saturated rings. The summed E-state index contributed by atoms with van der Waals surface area (Å²) >= 11 is 0. The third-order valence-corrected chi connectivity index (χ3v) is 4.58. The highest BCUT2D eigenvalue weighted by Crippen LogP contribution is 2.31. The fraction of sp³-hybridized carbons (Fsp3) is 0.667. The summed E-state index contributed by atoms with van der Waals surface area (Å²) in [4.78, 5) is 14.9. The maximum Gasteiger partial charge on any atom is 0.255 e. The van der Waals surface area contributed by atoms with Crippen molar-refractivity contribution in [2.24, 2.45) is 5.73 Å². The molecule has 3 rings (SSSR count). The second kappa shape index (κ2) is 5.10. The number of nitrogens with two attached hydrogens (primary N) is 1. The third kappa shape index (κ3) is 2.23. The molecule has 104 valence electrons. The number of hydrogen-bond acceptors (Lipinski definition) is 3. The highest BCUT2D eigenvalue weighted by atomic mass is 16.1. The van der Waals surface area contributed by atoms with Crippen LogP contribution in [-0.4, -0.2) is 23.1 Å². The average molecular weight is 261 g/mol. The van der Waals surface area contributed by atoms with Gasteiger partial charge >= 0.3 is 0 Å². The number of nitrogens with zero attached hydrogens (tertiary/aromatic N) is 2. The van der Waals surface area contributed by atoms with Gasteiger partial charge in [0.05, 0.1) is 0 Å². The molecule has 0 saturated heterocycles. The Bertz CT molecular complexity index is 529. The number of rotatable bonds is 2. The van der Waals surface area contributed by atoms with E-state index in [1.807, 2.05) is 6.07 Å². The van der Waals surface area contributed by atoms with E-state index in [2.05, 4.69) is 16.5 Å². The van der Waals surface area contributed by atoms with Gasteiger partial charge in [0.2, 0.25) is 0 Å². The van der Waals surface area contributed by atoms with Gasteiger partial charge < -0.3 is 15.2 Å². The standard InChI is InChI=1S/C15H23N3O/c1-17-7-6-14-12(10-17)8-11(9-16)15(19)18(14)13-4-2-3-5-13/h8,13H,2-7,9-10,16H2,1H3. The van der Waals surface area contributed by atoms with Gasteiger partial charge in [0.25, 0.3) is 5.56 Å². The molecular weight excluding hydrogens is 238 g/mol. The molecule has 1 aromatic heterocycles. The SMILES string of the molecule is CN1CCc2c(cc(CN)c(=O)n2C2CCCC2)C1. The zero-order valence-corrected chi connectivity index (χ0v) is 11.7. The van der Waals surface area contributed by atoms with Gasteiger partial charge in [-0.3, -0.25) is 4.79 Å². The van der Waals surface area contributed by atoms with Crippen molar-refractivity contribution in [1.82, 2.24) is 9.47 Å². The quantitative estimate of drug-likeness (QED) is 0.875. The van der Waals surface area contributed by atoms with E-state index in [0.29, 0.717) is 12.6 Å². The lowest BCUT2D eigenvalue weighted by Gasteiger charge is -2.30. The van der Waals surface area contributed by atoms with Crippen molar-refractivity contribution >= 4 is 0 Å². The normalized spacial score (nSPS) is 20.7. The number of hydrogen-bond donors (Lipinski definition) is 1. The largest absolute Gasteiger partial charge is 0.326 e. The van der Waals surface area contributed by atoms with E-state index >= 15 is 0 Å². The molecule has 0 unspecified atom stereocenters. The molecule has 4 nitrogen and oxygen atoms in total. The summed E-state index contributed by atoms with van der Waals surface area (Å²) in [7, 11) is 2.13. The first kappa shape index (κ1) is 12.9. The van der Waals surface area contributed by atoms with Gasteiger partial charge in [-0.25, -0.2) is 0 Å². The van der Waals surface area contributed by atoms with Gasteiger partial charge in [0, 0.05) is 43.4 Å². The number of fused-ring (bicyclic) bond motifs is 1. The van der Waals surface area contributed by atoms with Gasteiger partial charge in [0.1, 0.15) is 0 Å².